The van der Waals surface area contributed by atoms with E-state index < -0.39 is 38.9 Å². The number of hydrogen-bond donors (Lipinski definition) is 1. The number of aliphatic hydroxyl groups excluding tert-OH is 1. The predicted molar refractivity (Wildman–Crippen MR) is 75.1 cm³/mol. The van der Waals surface area contributed by atoms with Crippen LogP contribution in [0.5, 0.6) is 0 Å². The Bertz CT molecular complexity index is 575. The first-order valence-corrected chi connectivity index (χ1v) is 6.31. The molecule has 0 radical (unpaired) electrons. The largest absolute Gasteiger partial charge is 0.463 e. The van der Waals surface area contributed by atoms with Crippen molar-refractivity contribution in [2.45, 2.75) is 26.9 Å². The molecule has 0 aromatic heterocycles. The highest BCUT2D eigenvalue weighted by Crippen LogP contribution is 2.34. The van der Waals surface area contributed by atoms with E-state index in [9.17, 15) is 30.1 Å². The fraction of sp³-hybridized carbons (Fsp3) is 0.462. The molecule has 1 aromatic carbocycles. The predicted octanol–water partition coefficient (Wildman–Crippen LogP) is 2.13. The second-order valence-corrected chi connectivity index (χ2v) is 5.80. The van der Waals surface area contributed by atoms with E-state index in [0.29, 0.717) is 0 Å². The van der Waals surface area contributed by atoms with E-state index >= 15 is 0 Å². The number of ether oxygens (including phenoxy) is 1. The third kappa shape index (κ3) is 4.22. The molecule has 0 saturated heterocycles. The number of hydrogen-bond acceptors (Lipinski definition) is 7. The lowest BCUT2D eigenvalue weighted by atomic mass is 9.98. The Morgan fingerprint density at radius 1 is 1.23 bits per heavy atom. The first-order valence-electron chi connectivity index (χ1n) is 6.31. The van der Waals surface area contributed by atoms with Crippen molar-refractivity contribution in [3.8, 4) is 0 Å². The van der Waals surface area contributed by atoms with Crippen LogP contribution in [0.2, 0.25) is 0 Å². The van der Waals surface area contributed by atoms with Crippen LogP contribution in [0, 0.1) is 25.6 Å². The molecule has 0 bridgehead atoms. The number of aliphatic hydroxyl groups is 1. The molecule has 0 aliphatic heterocycles. The van der Waals surface area contributed by atoms with Crippen LogP contribution in [0.25, 0.3) is 0 Å². The van der Waals surface area contributed by atoms with Crippen molar-refractivity contribution in [1.29, 1.82) is 0 Å². The molecule has 0 amide bonds. The van der Waals surface area contributed by atoms with E-state index in [2.05, 4.69) is 0 Å². The highest BCUT2D eigenvalue weighted by atomic mass is 16.6. The van der Waals surface area contributed by atoms with Crippen LogP contribution in [0.1, 0.15) is 32.4 Å². The monoisotopic (exact) mass is 312 g/mol. The highest BCUT2D eigenvalue weighted by Gasteiger charge is 2.35. The molecule has 1 N–H and O–H groups in total. The minimum absolute atomic E-state index is 0.0443. The molecule has 0 spiro atoms. The zero-order chi connectivity index (χ0) is 17.1. The maximum Gasteiger partial charge on any atom is 0.340 e. The molecule has 0 aliphatic rings. The molecular formula is C13H16N2O7. The van der Waals surface area contributed by atoms with Crippen LogP contribution in [0.3, 0.4) is 0 Å². The van der Waals surface area contributed by atoms with Crippen molar-refractivity contribution in [1.82, 2.24) is 0 Å². The van der Waals surface area contributed by atoms with E-state index in [0.717, 1.165) is 18.2 Å². The first kappa shape index (κ1) is 17.5. The number of nitro groups is 2. The van der Waals surface area contributed by atoms with E-state index in [-0.39, 0.29) is 12.0 Å². The fourth-order valence-electron chi connectivity index (χ4n) is 1.62. The molecule has 0 saturated carbocycles. The molecule has 9 heteroatoms. The molecule has 1 unspecified atom stereocenters. The Morgan fingerprint density at radius 2 is 1.68 bits per heavy atom. The molecule has 22 heavy (non-hydrogen) atoms. The van der Waals surface area contributed by atoms with Gasteiger partial charge >= 0.3 is 5.97 Å². The Balaban J connectivity index is 3.20. The van der Waals surface area contributed by atoms with Gasteiger partial charge in [0.2, 0.25) is 0 Å². The number of benzene rings is 1. The summed E-state index contributed by atoms with van der Waals surface area (Å²) in [5, 5.41) is 31.9. The lowest BCUT2D eigenvalue weighted by Gasteiger charge is -2.19. The van der Waals surface area contributed by atoms with Crippen LogP contribution >= 0.6 is 0 Å². The van der Waals surface area contributed by atoms with Crippen molar-refractivity contribution in [2.24, 2.45) is 5.41 Å². The molecule has 0 heterocycles. The maximum absolute atomic E-state index is 11.8. The zero-order valence-electron chi connectivity index (χ0n) is 12.3. The summed E-state index contributed by atoms with van der Waals surface area (Å²) in [4.78, 5) is 31.9. The Morgan fingerprint density at radius 3 is 2.05 bits per heavy atom. The normalized spacial score (nSPS) is 12.5. The quantitative estimate of drug-likeness (QED) is 0.500. The second kappa shape index (κ2) is 6.48. The average molecular weight is 312 g/mol. The van der Waals surface area contributed by atoms with Gasteiger partial charge < -0.3 is 9.84 Å². The maximum atomic E-state index is 11.8. The molecule has 0 fully saturated rings. The van der Waals surface area contributed by atoms with Gasteiger partial charge in [-0.2, -0.15) is 0 Å². The minimum atomic E-state index is -2.11. The molecule has 1 aromatic rings. The van der Waals surface area contributed by atoms with E-state index in [1.807, 2.05) is 0 Å². The minimum Gasteiger partial charge on any atom is -0.463 e. The van der Waals surface area contributed by atoms with Gasteiger partial charge in [0.25, 0.3) is 11.4 Å². The van der Waals surface area contributed by atoms with Gasteiger partial charge in [-0.3, -0.25) is 20.2 Å². The summed E-state index contributed by atoms with van der Waals surface area (Å²) in [7, 11) is 0. The van der Waals surface area contributed by atoms with Crippen LogP contribution in [-0.2, 0) is 9.53 Å². The Labute approximate surface area is 125 Å². The number of nitro benzene ring substituents is 2. The molecule has 9 nitrogen and oxygen atoms in total. The molecule has 1 atom stereocenters. The summed E-state index contributed by atoms with van der Waals surface area (Å²) in [5.41, 5.74) is -2.50. The number of carbonyl (C=O) groups is 1. The standard InChI is InChI=1S/C13H16N2O7/c1-13(2,3)7-22-12(17)11(16)10-8(14(18)19)5-4-6-9(10)15(20)21/h4-6,11,16H,7H2,1-3H3. The van der Waals surface area contributed by atoms with E-state index in [1.165, 1.54) is 0 Å². The molecule has 0 aliphatic carbocycles. The van der Waals surface area contributed by atoms with Crippen LogP contribution in [0.4, 0.5) is 11.4 Å². The lowest BCUT2D eigenvalue weighted by Crippen LogP contribution is -2.23. The van der Waals surface area contributed by atoms with Gasteiger partial charge in [0.1, 0.15) is 5.56 Å². The fourth-order valence-corrected chi connectivity index (χ4v) is 1.62. The molecule has 120 valence electrons. The number of carbonyl (C=O) groups excluding carboxylic acids is 1. The van der Waals surface area contributed by atoms with Gasteiger partial charge in [-0.1, -0.05) is 20.8 Å². The smallest absolute Gasteiger partial charge is 0.340 e. The summed E-state index contributed by atoms with van der Waals surface area (Å²) in [5.74, 6) is -1.17. The van der Waals surface area contributed by atoms with Crippen LogP contribution < -0.4 is 0 Å². The number of nitrogens with zero attached hydrogens (tertiary/aromatic N) is 2. The molecular weight excluding hydrogens is 296 g/mol. The first-order chi connectivity index (χ1) is 10.0. The van der Waals surface area contributed by atoms with Crippen molar-refractivity contribution in [3.05, 3.63) is 44.0 Å². The van der Waals surface area contributed by atoms with Crippen LogP contribution in [0.15, 0.2) is 18.2 Å². The summed E-state index contributed by atoms with van der Waals surface area (Å²) in [6, 6.07) is 3.05. The Hall–Kier alpha value is -2.55. The van der Waals surface area contributed by atoms with Crippen molar-refractivity contribution < 1.29 is 24.5 Å². The van der Waals surface area contributed by atoms with Gasteiger partial charge in [0, 0.05) is 12.1 Å². The molecule has 1 rings (SSSR count). The van der Waals surface area contributed by atoms with Gasteiger partial charge in [0.05, 0.1) is 16.5 Å². The van der Waals surface area contributed by atoms with Gasteiger partial charge in [0.15, 0.2) is 6.10 Å². The van der Waals surface area contributed by atoms with Gasteiger partial charge in [-0.05, 0) is 11.5 Å². The van der Waals surface area contributed by atoms with E-state index in [4.69, 9.17) is 4.74 Å². The highest BCUT2D eigenvalue weighted by molar-refractivity contribution is 5.80. The summed E-state index contributed by atoms with van der Waals surface area (Å²) < 4.78 is 4.86. The van der Waals surface area contributed by atoms with Crippen LogP contribution in [-0.4, -0.2) is 27.5 Å². The van der Waals surface area contributed by atoms with Crippen molar-refractivity contribution >= 4 is 17.3 Å². The summed E-state index contributed by atoms with van der Waals surface area (Å²) in [6.45, 7) is 5.29. The lowest BCUT2D eigenvalue weighted by molar-refractivity contribution is -0.396. The second-order valence-electron chi connectivity index (χ2n) is 5.80. The number of rotatable bonds is 5. The van der Waals surface area contributed by atoms with Crippen molar-refractivity contribution in [2.75, 3.05) is 6.61 Å². The summed E-state index contributed by atoms with van der Waals surface area (Å²) >= 11 is 0. The summed E-state index contributed by atoms with van der Waals surface area (Å²) in [6.07, 6.45) is -2.11. The Kier molecular flexibility index (Phi) is 5.15. The van der Waals surface area contributed by atoms with Gasteiger partial charge in [-0.25, -0.2) is 4.79 Å². The topological polar surface area (TPSA) is 133 Å². The SMILES string of the molecule is CC(C)(C)COC(=O)C(O)c1c([N+](=O)[O-])cccc1[N+](=O)[O-]. The van der Waals surface area contributed by atoms with Gasteiger partial charge in [-0.15, -0.1) is 0 Å². The zero-order valence-corrected chi connectivity index (χ0v) is 12.3. The van der Waals surface area contributed by atoms with E-state index in [1.54, 1.807) is 20.8 Å². The third-order valence-electron chi connectivity index (χ3n) is 2.60. The average Bonchev–Trinajstić information content (AvgIpc) is 2.42. The van der Waals surface area contributed by atoms with Crippen molar-refractivity contribution in [3.63, 3.8) is 0 Å². The third-order valence-corrected chi connectivity index (χ3v) is 2.60. The number of esters is 1.